The molecule has 1 N–H and O–H groups in total. The van der Waals surface area contributed by atoms with Crippen molar-refractivity contribution in [1.29, 1.82) is 0 Å². The number of halogens is 1. The number of carbonyl (C=O) groups is 3. The molecule has 3 rings (SSSR count). The van der Waals surface area contributed by atoms with Gasteiger partial charge >= 0.3 is 5.97 Å². The lowest BCUT2D eigenvalue weighted by molar-refractivity contribution is -0.150. The number of benzene rings is 2. The van der Waals surface area contributed by atoms with E-state index in [4.69, 9.17) is 9.47 Å². The maximum Gasteiger partial charge on any atom is 0.344 e. The van der Waals surface area contributed by atoms with Gasteiger partial charge in [0.15, 0.2) is 24.8 Å². The van der Waals surface area contributed by atoms with E-state index in [0.717, 1.165) is 0 Å². The Kier molecular flexibility index (Phi) is 5.30. The minimum absolute atomic E-state index is 0.0893. The summed E-state index contributed by atoms with van der Waals surface area (Å²) in [6.07, 6.45) is 0. The lowest BCUT2D eigenvalue weighted by Gasteiger charge is -2.41. The topological polar surface area (TPSA) is 84.9 Å². The number of anilines is 2. The van der Waals surface area contributed by atoms with Crippen LogP contribution in [0.1, 0.15) is 13.8 Å². The Morgan fingerprint density at radius 3 is 2.50 bits per heavy atom. The zero-order valence-electron chi connectivity index (χ0n) is 15.4. The van der Waals surface area contributed by atoms with Crippen LogP contribution in [-0.4, -0.2) is 36.5 Å². The fourth-order valence-corrected chi connectivity index (χ4v) is 2.85. The normalized spacial score (nSPS) is 14.7. The fourth-order valence-electron chi connectivity index (χ4n) is 2.85. The van der Waals surface area contributed by atoms with Crippen molar-refractivity contribution in [2.24, 2.45) is 0 Å². The van der Waals surface area contributed by atoms with Crippen molar-refractivity contribution in [2.45, 2.75) is 19.4 Å². The Bertz CT molecular complexity index is 928. The van der Waals surface area contributed by atoms with Gasteiger partial charge in [-0.25, -0.2) is 9.18 Å². The number of nitrogens with zero attached hydrogens (tertiary/aromatic N) is 1. The van der Waals surface area contributed by atoms with Crippen molar-refractivity contribution in [3.8, 4) is 5.75 Å². The minimum atomic E-state index is -1.17. The van der Waals surface area contributed by atoms with Crippen LogP contribution in [0.25, 0.3) is 0 Å². The van der Waals surface area contributed by atoms with E-state index in [1.165, 1.54) is 23.1 Å². The van der Waals surface area contributed by atoms with Gasteiger partial charge in [-0.15, -0.1) is 0 Å². The molecule has 0 saturated carbocycles. The van der Waals surface area contributed by atoms with Crippen LogP contribution in [0.5, 0.6) is 5.75 Å². The van der Waals surface area contributed by atoms with Gasteiger partial charge in [-0.1, -0.05) is 24.3 Å². The van der Waals surface area contributed by atoms with Crippen molar-refractivity contribution in [2.75, 3.05) is 23.4 Å². The maximum atomic E-state index is 13.5. The van der Waals surface area contributed by atoms with Crippen LogP contribution >= 0.6 is 0 Å². The average Bonchev–Trinajstić information content (AvgIpc) is 2.66. The number of hydrogen-bond acceptors (Lipinski definition) is 5. The standard InChI is InChI=1S/C20H19FN2O5/c1-20(2)19(26)22-14-8-4-5-9-15(14)23(20)17(24)11-28-18(25)12-27-16-10-6-3-7-13(16)21/h3-10H,11-12H2,1-2H3,(H,22,26). The first-order valence-electron chi connectivity index (χ1n) is 8.57. The summed E-state index contributed by atoms with van der Waals surface area (Å²) in [4.78, 5) is 38.2. The van der Waals surface area contributed by atoms with E-state index in [1.807, 2.05) is 0 Å². The number of carbonyl (C=O) groups excluding carboxylic acids is 3. The summed E-state index contributed by atoms with van der Waals surface area (Å²) in [6.45, 7) is 2.07. The molecule has 0 spiro atoms. The van der Waals surface area contributed by atoms with E-state index in [0.29, 0.717) is 11.4 Å². The van der Waals surface area contributed by atoms with Crippen LogP contribution in [0.15, 0.2) is 48.5 Å². The van der Waals surface area contributed by atoms with Gasteiger partial charge in [0.1, 0.15) is 5.54 Å². The number of amides is 2. The maximum absolute atomic E-state index is 13.5. The summed E-state index contributed by atoms with van der Waals surface area (Å²) in [6, 6.07) is 12.5. The summed E-state index contributed by atoms with van der Waals surface area (Å²) in [5, 5.41) is 2.75. The largest absolute Gasteiger partial charge is 0.479 e. The second-order valence-electron chi connectivity index (χ2n) is 6.64. The molecule has 2 aromatic rings. The third kappa shape index (κ3) is 3.80. The first kappa shape index (κ1) is 19.3. The molecule has 1 aliphatic heterocycles. The third-order valence-electron chi connectivity index (χ3n) is 4.30. The highest BCUT2D eigenvalue weighted by Gasteiger charge is 2.43. The molecule has 0 saturated heterocycles. The summed E-state index contributed by atoms with van der Waals surface area (Å²) >= 11 is 0. The number of ether oxygens (including phenoxy) is 2. The molecule has 1 heterocycles. The lowest BCUT2D eigenvalue weighted by atomic mass is 9.96. The summed E-state index contributed by atoms with van der Waals surface area (Å²) in [5.41, 5.74) is -0.160. The van der Waals surface area contributed by atoms with Crippen molar-refractivity contribution < 1.29 is 28.2 Å². The Balaban J connectivity index is 1.64. The smallest absolute Gasteiger partial charge is 0.344 e. The number of para-hydroxylation sites is 3. The van der Waals surface area contributed by atoms with Gasteiger partial charge < -0.3 is 14.8 Å². The number of hydrogen-bond donors (Lipinski definition) is 1. The van der Waals surface area contributed by atoms with Crippen LogP contribution in [0.3, 0.4) is 0 Å². The molecule has 0 radical (unpaired) electrons. The van der Waals surface area contributed by atoms with Crippen LogP contribution in [0.2, 0.25) is 0 Å². The van der Waals surface area contributed by atoms with E-state index in [1.54, 1.807) is 44.2 Å². The molecular formula is C20H19FN2O5. The first-order chi connectivity index (χ1) is 13.3. The third-order valence-corrected chi connectivity index (χ3v) is 4.30. The van der Waals surface area contributed by atoms with E-state index < -0.39 is 36.4 Å². The molecule has 8 heteroatoms. The van der Waals surface area contributed by atoms with Crippen molar-refractivity contribution in [3.05, 3.63) is 54.3 Å². The van der Waals surface area contributed by atoms with E-state index in [9.17, 15) is 18.8 Å². The minimum Gasteiger partial charge on any atom is -0.479 e. The zero-order valence-corrected chi connectivity index (χ0v) is 15.4. The van der Waals surface area contributed by atoms with Crippen LogP contribution in [0.4, 0.5) is 15.8 Å². The number of nitrogens with one attached hydrogen (secondary N) is 1. The van der Waals surface area contributed by atoms with Crippen LogP contribution < -0.4 is 15.0 Å². The molecule has 1 aliphatic rings. The molecule has 7 nitrogen and oxygen atoms in total. The zero-order chi connectivity index (χ0) is 20.3. The van der Waals surface area contributed by atoms with E-state index in [-0.39, 0.29) is 11.7 Å². The van der Waals surface area contributed by atoms with Gasteiger partial charge in [0, 0.05) is 0 Å². The van der Waals surface area contributed by atoms with Crippen LogP contribution in [-0.2, 0) is 19.1 Å². The van der Waals surface area contributed by atoms with Gasteiger partial charge in [-0.3, -0.25) is 14.5 Å². The number of esters is 1. The highest BCUT2D eigenvalue weighted by Crippen LogP contribution is 2.36. The molecule has 0 aromatic heterocycles. The molecule has 2 amide bonds. The molecule has 0 unspecified atom stereocenters. The van der Waals surface area contributed by atoms with Crippen molar-refractivity contribution >= 4 is 29.2 Å². The molecule has 0 fully saturated rings. The lowest BCUT2D eigenvalue weighted by Crippen LogP contribution is -2.59. The summed E-state index contributed by atoms with van der Waals surface area (Å²) < 4.78 is 23.5. The Hall–Kier alpha value is -3.42. The second-order valence-corrected chi connectivity index (χ2v) is 6.64. The Morgan fingerprint density at radius 2 is 1.75 bits per heavy atom. The van der Waals surface area contributed by atoms with Crippen molar-refractivity contribution in [1.82, 2.24) is 0 Å². The molecular weight excluding hydrogens is 367 g/mol. The average molecular weight is 386 g/mol. The first-order valence-corrected chi connectivity index (χ1v) is 8.57. The highest BCUT2D eigenvalue weighted by atomic mass is 19.1. The number of fused-ring (bicyclic) bond motifs is 1. The second kappa shape index (κ2) is 7.67. The quantitative estimate of drug-likeness (QED) is 0.798. The summed E-state index contributed by atoms with van der Waals surface area (Å²) in [7, 11) is 0. The van der Waals surface area contributed by atoms with E-state index >= 15 is 0 Å². The van der Waals surface area contributed by atoms with Crippen molar-refractivity contribution in [3.63, 3.8) is 0 Å². The number of rotatable bonds is 5. The molecule has 2 aromatic carbocycles. The van der Waals surface area contributed by atoms with Crippen LogP contribution in [0, 0.1) is 5.82 Å². The Labute approximate surface area is 161 Å². The van der Waals surface area contributed by atoms with Gasteiger partial charge in [-0.2, -0.15) is 0 Å². The monoisotopic (exact) mass is 386 g/mol. The molecule has 146 valence electrons. The predicted molar refractivity (Wildman–Crippen MR) is 99.5 cm³/mol. The van der Waals surface area contributed by atoms with E-state index in [2.05, 4.69) is 5.32 Å². The van der Waals surface area contributed by atoms with Gasteiger partial charge in [0.05, 0.1) is 11.4 Å². The van der Waals surface area contributed by atoms with Gasteiger partial charge in [-0.05, 0) is 38.1 Å². The molecule has 28 heavy (non-hydrogen) atoms. The molecule has 0 aliphatic carbocycles. The Morgan fingerprint density at radius 1 is 1.07 bits per heavy atom. The molecule has 0 atom stereocenters. The molecule has 0 bridgehead atoms. The highest BCUT2D eigenvalue weighted by molar-refractivity contribution is 6.14. The van der Waals surface area contributed by atoms with Gasteiger partial charge in [0.2, 0.25) is 5.91 Å². The summed E-state index contributed by atoms with van der Waals surface area (Å²) in [5.74, 6) is -2.44. The van der Waals surface area contributed by atoms with Gasteiger partial charge in [0.25, 0.3) is 5.91 Å². The SMILES string of the molecule is CC1(C)C(=O)Nc2ccccc2N1C(=O)COC(=O)COc1ccccc1F. The predicted octanol–water partition coefficient (Wildman–Crippen LogP) is 2.51. The fraction of sp³-hybridized carbons (Fsp3) is 0.250.